The van der Waals surface area contributed by atoms with Crippen LogP contribution >= 0.6 is 11.8 Å². The molecule has 158 valence electrons. The normalized spacial score (nSPS) is 10.3. The van der Waals surface area contributed by atoms with Crippen molar-refractivity contribution in [2.45, 2.75) is 11.8 Å². The molecule has 0 bridgehead atoms. The first-order valence-electron chi connectivity index (χ1n) is 9.37. The van der Waals surface area contributed by atoms with E-state index >= 15 is 0 Å². The fourth-order valence-electron chi connectivity index (χ4n) is 2.66. The van der Waals surface area contributed by atoms with Crippen molar-refractivity contribution in [3.8, 4) is 0 Å². The lowest BCUT2D eigenvalue weighted by atomic mass is 10.2. The second kappa shape index (κ2) is 10.4. The highest BCUT2D eigenvalue weighted by atomic mass is 32.2. The summed E-state index contributed by atoms with van der Waals surface area (Å²) < 4.78 is 13.7. The molecule has 0 aliphatic rings. The third-order valence-electron chi connectivity index (χ3n) is 4.09. The molecule has 31 heavy (non-hydrogen) atoms. The minimum atomic E-state index is -0.581. The Morgan fingerprint density at radius 3 is 1.94 bits per heavy atom. The molecule has 3 amide bonds. The van der Waals surface area contributed by atoms with Gasteiger partial charge in [0, 0.05) is 28.9 Å². The topological polar surface area (TPSA) is 87.3 Å². The Bertz CT molecular complexity index is 1090. The van der Waals surface area contributed by atoms with E-state index < -0.39 is 11.7 Å². The first-order valence-corrected chi connectivity index (χ1v) is 10.4. The van der Waals surface area contributed by atoms with Crippen LogP contribution in [-0.4, -0.2) is 23.5 Å². The lowest BCUT2D eigenvalue weighted by Crippen LogP contribution is -2.14. The van der Waals surface area contributed by atoms with Crippen molar-refractivity contribution in [2.24, 2.45) is 0 Å². The molecular formula is C23H20FN3O3S. The quantitative estimate of drug-likeness (QED) is 0.465. The summed E-state index contributed by atoms with van der Waals surface area (Å²) in [5.41, 5.74) is 1.79. The fraction of sp³-hybridized carbons (Fsp3) is 0.0870. The number of anilines is 3. The van der Waals surface area contributed by atoms with Gasteiger partial charge in [0.2, 0.25) is 11.8 Å². The molecule has 6 nitrogen and oxygen atoms in total. The average Bonchev–Trinajstić information content (AvgIpc) is 2.74. The number of thioether (sulfide) groups is 1. The summed E-state index contributed by atoms with van der Waals surface area (Å²) in [6, 6.07) is 19.5. The number of carbonyl (C=O) groups is 3. The zero-order valence-electron chi connectivity index (χ0n) is 16.6. The number of halogens is 1. The van der Waals surface area contributed by atoms with Crippen LogP contribution < -0.4 is 16.0 Å². The van der Waals surface area contributed by atoms with Crippen molar-refractivity contribution in [3.63, 3.8) is 0 Å². The van der Waals surface area contributed by atoms with Crippen molar-refractivity contribution in [1.29, 1.82) is 0 Å². The van der Waals surface area contributed by atoms with Crippen molar-refractivity contribution in [1.82, 2.24) is 0 Å². The van der Waals surface area contributed by atoms with Crippen LogP contribution in [0.15, 0.2) is 77.7 Å². The summed E-state index contributed by atoms with van der Waals surface area (Å²) in [5, 5.41) is 8.09. The van der Waals surface area contributed by atoms with Crippen molar-refractivity contribution < 1.29 is 18.8 Å². The van der Waals surface area contributed by atoms with E-state index in [-0.39, 0.29) is 23.1 Å². The third kappa shape index (κ3) is 6.68. The molecule has 0 atom stereocenters. The minimum Gasteiger partial charge on any atom is -0.326 e. The molecular weight excluding hydrogens is 417 g/mol. The van der Waals surface area contributed by atoms with Gasteiger partial charge < -0.3 is 16.0 Å². The van der Waals surface area contributed by atoms with E-state index in [1.165, 1.54) is 36.9 Å². The number of hydrogen-bond acceptors (Lipinski definition) is 4. The smallest absolute Gasteiger partial charge is 0.258 e. The zero-order chi connectivity index (χ0) is 22.2. The molecule has 0 saturated heterocycles. The molecule has 0 radical (unpaired) electrons. The van der Waals surface area contributed by atoms with Crippen LogP contribution in [0.25, 0.3) is 0 Å². The molecule has 0 saturated carbocycles. The number of carbonyl (C=O) groups excluding carboxylic acids is 3. The Kier molecular flexibility index (Phi) is 7.40. The summed E-state index contributed by atoms with van der Waals surface area (Å²) in [7, 11) is 0. The maximum atomic E-state index is 13.7. The molecule has 3 aromatic rings. The monoisotopic (exact) mass is 437 g/mol. The third-order valence-corrected chi connectivity index (χ3v) is 5.10. The number of rotatable bonds is 7. The Hall–Kier alpha value is -3.65. The summed E-state index contributed by atoms with van der Waals surface area (Å²) >= 11 is 1.34. The van der Waals surface area contributed by atoms with Crippen molar-refractivity contribution in [2.75, 3.05) is 21.7 Å². The molecule has 3 aromatic carbocycles. The van der Waals surface area contributed by atoms with Crippen LogP contribution in [0.3, 0.4) is 0 Å². The van der Waals surface area contributed by atoms with Gasteiger partial charge in [0.05, 0.1) is 11.3 Å². The van der Waals surface area contributed by atoms with Crippen LogP contribution in [0, 0.1) is 5.82 Å². The molecule has 3 N–H and O–H groups in total. The van der Waals surface area contributed by atoms with Crippen LogP contribution in [0.4, 0.5) is 21.5 Å². The molecule has 0 heterocycles. The molecule has 0 fully saturated rings. The van der Waals surface area contributed by atoms with E-state index in [1.54, 1.807) is 54.6 Å². The van der Waals surface area contributed by atoms with Gasteiger partial charge in [0.1, 0.15) is 5.82 Å². The molecule has 0 unspecified atom stereocenters. The fourth-order valence-corrected chi connectivity index (χ4v) is 3.36. The van der Waals surface area contributed by atoms with Gasteiger partial charge in [-0.1, -0.05) is 12.1 Å². The predicted octanol–water partition coefficient (Wildman–Crippen LogP) is 4.77. The van der Waals surface area contributed by atoms with E-state index in [4.69, 9.17) is 0 Å². The van der Waals surface area contributed by atoms with E-state index in [0.717, 1.165) is 4.90 Å². The van der Waals surface area contributed by atoms with Crippen molar-refractivity contribution >= 4 is 46.5 Å². The summed E-state index contributed by atoms with van der Waals surface area (Å²) in [6.07, 6.45) is 0. The van der Waals surface area contributed by atoms with Gasteiger partial charge in [-0.25, -0.2) is 4.39 Å². The molecule has 0 spiro atoms. The second-order valence-corrected chi connectivity index (χ2v) is 7.60. The second-order valence-electron chi connectivity index (χ2n) is 6.55. The van der Waals surface area contributed by atoms with Gasteiger partial charge in [0.15, 0.2) is 0 Å². The molecule has 0 aliphatic carbocycles. The van der Waals surface area contributed by atoms with Gasteiger partial charge >= 0.3 is 0 Å². The Morgan fingerprint density at radius 1 is 0.774 bits per heavy atom. The maximum absolute atomic E-state index is 13.7. The van der Waals surface area contributed by atoms with Gasteiger partial charge in [-0.05, 0) is 60.7 Å². The molecule has 8 heteroatoms. The number of hydrogen-bond donors (Lipinski definition) is 3. The van der Waals surface area contributed by atoms with Crippen LogP contribution in [0.2, 0.25) is 0 Å². The number of nitrogens with one attached hydrogen (secondary N) is 3. The van der Waals surface area contributed by atoms with E-state index in [9.17, 15) is 18.8 Å². The highest BCUT2D eigenvalue weighted by molar-refractivity contribution is 8.00. The van der Waals surface area contributed by atoms with E-state index in [0.29, 0.717) is 17.1 Å². The first kappa shape index (κ1) is 22.0. The minimum absolute atomic E-state index is 0.0252. The lowest BCUT2D eigenvalue weighted by molar-refractivity contribution is -0.114. The average molecular weight is 437 g/mol. The SMILES string of the molecule is CC(=O)Nc1ccc(NC(=O)CSc2ccc(NC(=O)c3ccccc3F)cc2)cc1. The molecule has 3 rings (SSSR count). The number of benzene rings is 3. The predicted molar refractivity (Wildman–Crippen MR) is 121 cm³/mol. The van der Waals surface area contributed by atoms with Crippen LogP contribution in [0.1, 0.15) is 17.3 Å². The molecule has 0 aliphatic heterocycles. The number of amides is 3. The standard InChI is InChI=1S/C23H20FN3O3S/c1-15(28)25-16-6-8-17(9-7-16)26-22(29)14-31-19-12-10-18(11-13-19)27-23(30)20-4-2-3-5-21(20)24/h2-13H,14H2,1H3,(H,25,28)(H,26,29)(H,27,30). The summed E-state index contributed by atoms with van der Waals surface area (Å²) in [4.78, 5) is 36.2. The summed E-state index contributed by atoms with van der Waals surface area (Å²) in [5.74, 6) is -1.24. The van der Waals surface area contributed by atoms with Crippen LogP contribution in [-0.2, 0) is 9.59 Å². The van der Waals surface area contributed by atoms with Crippen molar-refractivity contribution in [3.05, 3.63) is 84.2 Å². The highest BCUT2D eigenvalue weighted by Crippen LogP contribution is 2.22. The van der Waals surface area contributed by atoms with Gasteiger partial charge in [-0.15, -0.1) is 11.8 Å². The Morgan fingerprint density at radius 2 is 1.32 bits per heavy atom. The Labute approximate surface area is 183 Å². The van der Waals surface area contributed by atoms with Gasteiger partial charge in [0.25, 0.3) is 5.91 Å². The van der Waals surface area contributed by atoms with E-state index in [1.807, 2.05) is 0 Å². The lowest BCUT2D eigenvalue weighted by Gasteiger charge is -2.08. The largest absolute Gasteiger partial charge is 0.326 e. The first-order chi connectivity index (χ1) is 14.9. The summed E-state index contributed by atoms with van der Waals surface area (Å²) in [6.45, 7) is 1.43. The van der Waals surface area contributed by atoms with Gasteiger partial charge in [-0.3, -0.25) is 14.4 Å². The maximum Gasteiger partial charge on any atom is 0.258 e. The molecule has 0 aromatic heterocycles. The van der Waals surface area contributed by atoms with Crippen LogP contribution in [0.5, 0.6) is 0 Å². The van der Waals surface area contributed by atoms with Gasteiger partial charge in [-0.2, -0.15) is 0 Å². The Balaban J connectivity index is 1.48. The zero-order valence-corrected chi connectivity index (χ0v) is 17.5. The highest BCUT2D eigenvalue weighted by Gasteiger charge is 2.11. The van der Waals surface area contributed by atoms with E-state index in [2.05, 4.69) is 16.0 Å².